The van der Waals surface area contributed by atoms with Gasteiger partial charge in [0.15, 0.2) is 0 Å². The number of hydrogen-bond acceptors (Lipinski definition) is 5. The fourth-order valence-electron chi connectivity index (χ4n) is 5.52. The lowest BCUT2D eigenvalue weighted by atomic mass is 10.1. The SMILES string of the molecule is Clc1ccc(-c2cc3ccccc3oc2=Nc2ccc(Oc3ccc(N=c4oc5ccccc5cc4-c4ccc(Cl)cc4)cc3)cc2)cc1. The molecule has 0 spiro atoms. The van der Waals surface area contributed by atoms with Crippen molar-refractivity contribution in [2.45, 2.75) is 0 Å². The topological polar surface area (TPSA) is 60.2 Å². The van der Waals surface area contributed by atoms with Gasteiger partial charge in [-0.25, -0.2) is 9.98 Å². The minimum Gasteiger partial charge on any atom is -0.457 e. The van der Waals surface area contributed by atoms with Crippen LogP contribution in [-0.2, 0) is 0 Å². The third kappa shape index (κ3) is 6.76. The van der Waals surface area contributed by atoms with Gasteiger partial charge in [0.25, 0.3) is 0 Å². The van der Waals surface area contributed by atoms with Gasteiger partial charge in [0.05, 0.1) is 11.4 Å². The molecule has 0 radical (unpaired) electrons. The number of rotatable bonds is 6. The van der Waals surface area contributed by atoms with Crippen molar-refractivity contribution >= 4 is 56.5 Å². The standard InChI is InChI=1S/C42H26Cl2N2O3/c43-31-13-9-27(10-14-31)37-25-29-5-1-3-7-39(29)48-41(37)45-33-17-21-35(22-18-33)47-36-23-19-34(20-24-36)46-42-38(28-11-15-32(44)16-12-28)26-30-6-2-4-8-40(30)49-42/h1-26H. The summed E-state index contributed by atoms with van der Waals surface area (Å²) in [6.45, 7) is 0. The van der Waals surface area contributed by atoms with Crippen molar-refractivity contribution in [1.29, 1.82) is 0 Å². The lowest BCUT2D eigenvalue weighted by Crippen LogP contribution is -2.05. The first kappa shape index (κ1) is 30.5. The zero-order valence-electron chi connectivity index (χ0n) is 25.9. The van der Waals surface area contributed by atoms with Crippen LogP contribution in [0.15, 0.2) is 177 Å². The molecule has 0 aliphatic rings. The van der Waals surface area contributed by atoms with Crippen LogP contribution >= 0.6 is 23.2 Å². The van der Waals surface area contributed by atoms with E-state index in [1.54, 1.807) is 0 Å². The van der Waals surface area contributed by atoms with Crippen LogP contribution in [0.2, 0.25) is 10.0 Å². The molecule has 8 rings (SSSR count). The second kappa shape index (κ2) is 13.3. The Morgan fingerprint density at radius 2 is 0.816 bits per heavy atom. The van der Waals surface area contributed by atoms with Crippen molar-refractivity contribution < 1.29 is 13.6 Å². The Bertz CT molecular complexity index is 2390. The lowest BCUT2D eigenvalue weighted by Gasteiger charge is -2.08. The maximum atomic E-state index is 6.27. The highest BCUT2D eigenvalue weighted by Crippen LogP contribution is 2.28. The second-order valence-corrected chi connectivity index (χ2v) is 12.2. The van der Waals surface area contributed by atoms with E-state index in [9.17, 15) is 0 Å². The van der Waals surface area contributed by atoms with Gasteiger partial charge in [0, 0.05) is 31.9 Å². The molecule has 0 saturated heterocycles. The van der Waals surface area contributed by atoms with E-state index in [0.717, 1.165) is 55.6 Å². The molecular formula is C42H26Cl2N2O3. The maximum absolute atomic E-state index is 6.27. The van der Waals surface area contributed by atoms with Crippen molar-refractivity contribution in [2.24, 2.45) is 9.98 Å². The molecule has 0 fully saturated rings. The predicted octanol–water partition coefficient (Wildman–Crippen LogP) is 12.1. The zero-order chi connectivity index (χ0) is 33.2. The van der Waals surface area contributed by atoms with Gasteiger partial charge in [-0.2, -0.15) is 0 Å². The van der Waals surface area contributed by atoms with Gasteiger partial charge in [-0.15, -0.1) is 0 Å². The first-order chi connectivity index (χ1) is 24.0. The summed E-state index contributed by atoms with van der Waals surface area (Å²) < 4.78 is 18.7. The third-order valence-corrected chi connectivity index (χ3v) is 8.50. The van der Waals surface area contributed by atoms with E-state index in [1.165, 1.54) is 0 Å². The fourth-order valence-corrected chi connectivity index (χ4v) is 5.78. The first-order valence-electron chi connectivity index (χ1n) is 15.6. The molecule has 0 aliphatic carbocycles. The molecule has 6 aromatic carbocycles. The Balaban J connectivity index is 1.06. The fraction of sp³-hybridized carbons (Fsp3) is 0. The van der Waals surface area contributed by atoms with Crippen LogP contribution in [0, 0.1) is 0 Å². The molecular weight excluding hydrogens is 651 g/mol. The Labute approximate surface area is 291 Å². The van der Waals surface area contributed by atoms with Crippen molar-refractivity contribution in [3.8, 4) is 33.8 Å². The highest BCUT2D eigenvalue weighted by atomic mass is 35.5. The van der Waals surface area contributed by atoms with Crippen LogP contribution < -0.4 is 15.8 Å². The molecule has 0 atom stereocenters. The molecule has 2 heterocycles. The van der Waals surface area contributed by atoms with Crippen molar-refractivity contribution in [2.75, 3.05) is 0 Å². The monoisotopic (exact) mass is 676 g/mol. The van der Waals surface area contributed by atoms with Crippen LogP contribution in [0.1, 0.15) is 0 Å². The van der Waals surface area contributed by atoms with Gasteiger partial charge in [0.1, 0.15) is 22.7 Å². The average molecular weight is 678 g/mol. The zero-order valence-corrected chi connectivity index (χ0v) is 27.4. The van der Waals surface area contributed by atoms with Crippen molar-refractivity contribution in [3.63, 3.8) is 0 Å². The molecule has 0 aliphatic heterocycles. The van der Waals surface area contributed by atoms with Gasteiger partial charge >= 0.3 is 0 Å². The highest BCUT2D eigenvalue weighted by molar-refractivity contribution is 6.30. The van der Waals surface area contributed by atoms with Crippen molar-refractivity contribution in [3.05, 3.63) is 179 Å². The predicted molar refractivity (Wildman–Crippen MR) is 197 cm³/mol. The number of para-hydroxylation sites is 2. The molecule has 5 nitrogen and oxygen atoms in total. The van der Waals surface area contributed by atoms with Crippen LogP contribution in [-0.4, -0.2) is 0 Å². The summed E-state index contributed by atoms with van der Waals surface area (Å²) in [5.74, 6) is 1.35. The Kier molecular flexibility index (Phi) is 8.28. The number of benzene rings is 6. The van der Waals surface area contributed by atoms with Gasteiger partial charge in [-0.05, 0) is 108 Å². The van der Waals surface area contributed by atoms with E-state index >= 15 is 0 Å². The molecule has 8 aromatic rings. The third-order valence-electron chi connectivity index (χ3n) is 7.99. The molecule has 0 N–H and O–H groups in total. The molecule has 7 heteroatoms. The lowest BCUT2D eigenvalue weighted by molar-refractivity contribution is 0.482. The Morgan fingerprint density at radius 1 is 0.429 bits per heavy atom. The number of halogens is 2. The molecule has 0 bridgehead atoms. The number of hydrogen-bond donors (Lipinski definition) is 0. The summed E-state index contributed by atoms with van der Waals surface area (Å²) in [5.41, 5.74) is 7.65. The Hall–Kier alpha value is -5.88. The van der Waals surface area contributed by atoms with E-state index in [2.05, 4.69) is 12.1 Å². The van der Waals surface area contributed by atoms with Crippen LogP contribution in [0.4, 0.5) is 11.4 Å². The van der Waals surface area contributed by atoms with Gasteiger partial charge in [0.2, 0.25) is 11.1 Å². The first-order valence-corrected chi connectivity index (χ1v) is 16.3. The summed E-state index contributed by atoms with van der Waals surface area (Å²) in [4.78, 5) is 9.72. The van der Waals surface area contributed by atoms with Gasteiger partial charge in [-0.3, -0.25) is 0 Å². The summed E-state index contributed by atoms with van der Waals surface area (Å²) in [7, 11) is 0. The molecule has 2 aromatic heterocycles. The van der Waals surface area contributed by atoms with Crippen molar-refractivity contribution in [1.82, 2.24) is 0 Å². The Morgan fingerprint density at radius 3 is 1.22 bits per heavy atom. The van der Waals surface area contributed by atoms with Crippen LogP contribution in [0.25, 0.3) is 44.2 Å². The molecule has 236 valence electrons. The number of fused-ring (bicyclic) bond motifs is 2. The average Bonchev–Trinajstić information content (AvgIpc) is 3.13. The smallest absolute Gasteiger partial charge is 0.227 e. The van der Waals surface area contributed by atoms with Gasteiger partial charge < -0.3 is 13.6 Å². The minimum absolute atomic E-state index is 0.506. The second-order valence-electron chi connectivity index (χ2n) is 11.3. The summed E-state index contributed by atoms with van der Waals surface area (Å²) in [6.07, 6.45) is 0. The largest absolute Gasteiger partial charge is 0.457 e. The van der Waals surface area contributed by atoms with E-state index in [4.69, 9.17) is 46.8 Å². The summed E-state index contributed by atoms with van der Waals surface area (Å²) in [6, 6.07) is 50.4. The van der Waals surface area contributed by atoms with Gasteiger partial charge in [-0.1, -0.05) is 83.9 Å². The molecule has 49 heavy (non-hydrogen) atoms. The summed E-state index contributed by atoms with van der Waals surface area (Å²) >= 11 is 12.3. The van der Waals surface area contributed by atoms with E-state index in [-0.39, 0.29) is 0 Å². The minimum atomic E-state index is 0.506. The van der Waals surface area contributed by atoms with E-state index < -0.39 is 0 Å². The molecule has 0 saturated carbocycles. The maximum Gasteiger partial charge on any atom is 0.227 e. The van der Waals surface area contributed by atoms with Crippen LogP contribution in [0.5, 0.6) is 11.5 Å². The summed E-state index contributed by atoms with van der Waals surface area (Å²) in [5, 5.41) is 3.32. The quantitative estimate of drug-likeness (QED) is 0.176. The number of nitrogens with zero attached hydrogens (tertiary/aromatic N) is 2. The van der Waals surface area contributed by atoms with E-state index in [0.29, 0.717) is 32.7 Å². The molecule has 0 unspecified atom stereocenters. The van der Waals surface area contributed by atoms with E-state index in [1.807, 2.05) is 146 Å². The van der Waals surface area contributed by atoms with Crippen LogP contribution in [0.3, 0.4) is 0 Å². The normalized spacial score (nSPS) is 12.1. The number of ether oxygens (including phenoxy) is 1. The molecule has 0 amide bonds. The highest BCUT2D eigenvalue weighted by Gasteiger charge is 2.09.